The van der Waals surface area contributed by atoms with Crippen LogP contribution in [0.3, 0.4) is 0 Å². The van der Waals surface area contributed by atoms with E-state index >= 15 is 0 Å². The molecule has 2 aromatic heterocycles. The minimum absolute atomic E-state index is 0.0823. The third-order valence-corrected chi connectivity index (χ3v) is 6.64. The Balaban J connectivity index is 1.55. The summed E-state index contributed by atoms with van der Waals surface area (Å²) < 4.78 is 8.28. The van der Waals surface area contributed by atoms with E-state index < -0.39 is 0 Å². The number of ether oxygens (including phenoxy) is 1. The lowest BCUT2D eigenvalue weighted by Gasteiger charge is -2.28. The molecule has 1 amide bonds. The molecule has 0 bridgehead atoms. The van der Waals surface area contributed by atoms with Crippen molar-refractivity contribution in [1.29, 1.82) is 0 Å². The van der Waals surface area contributed by atoms with Crippen LogP contribution < -0.4 is 10.2 Å². The summed E-state index contributed by atoms with van der Waals surface area (Å²) in [6.07, 6.45) is 1.83. The van der Waals surface area contributed by atoms with Crippen LogP contribution in [0.2, 0.25) is 0 Å². The van der Waals surface area contributed by atoms with E-state index in [1.54, 1.807) is 11.8 Å². The maximum Gasteiger partial charge on any atom is 0.252 e. The van der Waals surface area contributed by atoms with Gasteiger partial charge in [0.2, 0.25) is 0 Å². The second-order valence-electron chi connectivity index (χ2n) is 7.44. The Morgan fingerprint density at radius 1 is 1.26 bits per heavy atom. The Hall–Kier alpha value is -1.92. The Bertz CT molecular complexity index is 1070. The summed E-state index contributed by atoms with van der Waals surface area (Å²) >= 11 is 3.82. The maximum absolute atomic E-state index is 12.5. The molecular formula is C21H25IN6O2S. The van der Waals surface area contributed by atoms with Crippen molar-refractivity contribution in [2.45, 2.75) is 30.8 Å². The van der Waals surface area contributed by atoms with Gasteiger partial charge in [0.1, 0.15) is 5.82 Å². The smallest absolute Gasteiger partial charge is 0.252 e. The average Bonchev–Trinajstić information content (AvgIpc) is 3.16. The van der Waals surface area contributed by atoms with Crippen LogP contribution in [0.1, 0.15) is 24.2 Å². The number of benzene rings is 1. The Morgan fingerprint density at radius 3 is 2.77 bits per heavy atom. The van der Waals surface area contributed by atoms with Crippen molar-refractivity contribution in [3.05, 3.63) is 39.6 Å². The van der Waals surface area contributed by atoms with Crippen LogP contribution >= 0.6 is 34.4 Å². The van der Waals surface area contributed by atoms with Crippen molar-refractivity contribution >= 4 is 57.1 Å². The molecule has 1 aliphatic heterocycles. The molecule has 0 atom stereocenters. The largest absolute Gasteiger partial charge is 0.378 e. The Morgan fingerprint density at radius 2 is 2.03 bits per heavy atom. The fraction of sp³-hybridized carbons (Fsp3) is 0.429. The fourth-order valence-electron chi connectivity index (χ4n) is 3.38. The first-order valence-electron chi connectivity index (χ1n) is 10.3. The molecule has 4 rings (SSSR count). The average molecular weight is 552 g/mol. The van der Waals surface area contributed by atoms with E-state index in [9.17, 15) is 4.79 Å². The molecular weight excluding hydrogens is 527 g/mol. The highest BCUT2D eigenvalue weighted by Crippen LogP contribution is 2.29. The van der Waals surface area contributed by atoms with Crippen LogP contribution in [-0.2, 0) is 11.3 Å². The summed E-state index contributed by atoms with van der Waals surface area (Å²) in [7, 11) is 0. The first-order valence-corrected chi connectivity index (χ1v) is 12.2. The number of amides is 1. The number of fused-ring (bicyclic) bond motifs is 1. The SMILES string of the molecule is CC(C)Sc1nc(N2CCOCC2)c2cnn(CCNC(=O)c3ccccc3I)c2n1. The van der Waals surface area contributed by atoms with Gasteiger partial charge in [0, 0.05) is 28.5 Å². The van der Waals surface area contributed by atoms with Gasteiger partial charge in [-0.3, -0.25) is 4.79 Å². The van der Waals surface area contributed by atoms with E-state index in [0.717, 1.165) is 38.7 Å². The summed E-state index contributed by atoms with van der Waals surface area (Å²) in [4.78, 5) is 24.4. The number of halogens is 1. The maximum atomic E-state index is 12.5. The minimum Gasteiger partial charge on any atom is -0.378 e. The number of carbonyl (C=O) groups is 1. The molecule has 3 aromatic rings. The van der Waals surface area contributed by atoms with Crippen molar-refractivity contribution in [1.82, 2.24) is 25.1 Å². The number of rotatable bonds is 7. The van der Waals surface area contributed by atoms with Crippen LogP contribution in [0.25, 0.3) is 11.0 Å². The molecule has 31 heavy (non-hydrogen) atoms. The van der Waals surface area contributed by atoms with Crippen LogP contribution in [0.15, 0.2) is 35.6 Å². The van der Waals surface area contributed by atoms with Gasteiger partial charge >= 0.3 is 0 Å². The summed E-state index contributed by atoms with van der Waals surface area (Å²) in [6.45, 7) is 8.24. The van der Waals surface area contributed by atoms with Gasteiger partial charge in [-0.05, 0) is 34.7 Å². The zero-order valence-corrected chi connectivity index (χ0v) is 20.5. The monoisotopic (exact) mass is 552 g/mol. The first kappa shape index (κ1) is 22.3. The second-order valence-corrected chi connectivity index (χ2v) is 10.1. The van der Waals surface area contributed by atoms with Gasteiger partial charge in [-0.2, -0.15) is 5.10 Å². The number of anilines is 1. The van der Waals surface area contributed by atoms with Gasteiger partial charge in [0.25, 0.3) is 5.91 Å². The van der Waals surface area contributed by atoms with Crippen molar-refractivity contribution in [3.63, 3.8) is 0 Å². The lowest BCUT2D eigenvalue weighted by molar-refractivity contribution is 0.0951. The topological polar surface area (TPSA) is 85.2 Å². The number of carbonyl (C=O) groups excluding carboxylic acids is 1. The van der Waals surface area contributed by atoms with Gasteiger partial charge in [-0.1, -0.05) is 37.7 Å². The summed E-state index contributed by atoms with van der Waals surface area (Å²) in [5.74, 6) is 0.826. The van der Waals surface area contributed by atoms with Crippen LogP contribution in [0.4, 0.5) is 5.82 Å². The highest BCUT2D eigenvalue weighted by Gasteiger charge is 2.20. The van der Waals surface area contributed by atoms with Gasteiger partial charge in [-0.15, -0.1) is 0 Å². The van der Waals surface area contributed by atoms with Crippen molar-refractivity contribution in [2.24, 2.45) is 0 Å². The van der Waals surface area contributed by atoms with Crippen LogP contribution in [0, 0.1) is 3.57 Å². The highest BCUT2D eigenvalue weighted by molar-refractivity contribution is 14.1. The van der Waals surface area contributed by atoms with Gasteiger partial charge in [0.15, 0.2) is 10.8 Å². The molecule has 0 saturated carbocycles. The molecule has 1 fully saturated rings. The predicted molar refractivity (Wildman–Crippen MR) is 131 cm³/mol. The van der Waals surface area contributed by atoms with Crippen molar-refractivity contribution < 1.29 is 9.53 Å². The zero-order chi connectivity index (χ0) is 21.8. The molecule has 0 spiro atoms. The number of nitrogens with one attached hydrogen (secondary N) is 1. The molecule has 1 aromatic carbocycles. The molecule has 0 radical (unpaired) electrons. The fourth-order valence-corrected chi connectivity index (χ4v) is 4.71. The Kier molecular flexibility index (Phi) is 7.28. The molecule has 8 nitrogen and oxygen atoms in total. The van der Waals surface area contributed by atoms with E-state index in [4.69, 9.17) is 14.7 Å². The third-order valence-electron chi connectivity index (χ3n) is 4.83. The highest BCUT2D eigenvalue weighted by atomic mass is 127. The summed E-state index contributed by atoms with van der Waals surface area (Å²) in [5.41, 5.74) is 1.48. The van der Waals surface area contributed by atoms with Gasteiger partial charge in [-0.25, -0.2) is 14.6 Å². The Labute approximate surface area is 199 Å². The predicted octanol–water partition coefficient (Wildman–Crippen LogP) is 3.20. The second kappa shape index (κ2) is 10.1. The number of morpholine rings is 1. The standard InChI is InChI=1S/C21H25IN6O2S/c1-14(2)31-21-25-18(27-9-11-30-12-10-27)16-13-24-28(19(16)26-21)8-7-23-20(29)15-5-3-4-6-17(15)22/h3-6,13-14H,7-12H2,1-2H3,(H,23,29). The van der Waals surface area contributed by atoms with E-state index in [0.29, 0.717) is 37.1 Å². The van der Waals surface area contributed by atoms with E-state index in [-0.39, 0.29) is 5.91 Å². The minimum atomic E-state index is -0.0823. The van der Waals surface area contributed by atoms with Gasteiger partial charge in [0.05, 0.1) is 36.9 Å². The number of hydrogen-bond donors (Lipinski definition) is 1. The van der Waals surface area contributed by atoms with Crippen molar-refractivity contribution in [3.8, 4) is 0 Å². The third kappa shape index (κ3) is 5.29. The van der Waals surface area contributed by atoms with Crippen LogP contribution in [0.5, 0.6) is 0 Å². The molecule has 1 aliphatic rings. The van der Waals surface area contributed by atoms with E-state index in [2.05, 4.69) is 51.8 Å². The first-order chi connectivity index (χ1) is 15.0. The van der Waals surface area contributed by atoms with E-state index in [1.165, 1.54) is 0 Å². The molecule has 3 heterocycles. The number of hydrogen-bond acceptors (Lipinski definition) is 7. The van der Waals surface area contributed by atoms with Gasteiger partial charge < -0.3 is 15.0 Å². The van der Waals surface area contributed by atoms with E-state index in [1.807, 2.05) is 35.1 Å². The molecule has 0 unspecified atom stereocenters. The normalized spacial score (nSPS) is 14.4. The number of nitrogens with zero attached hydrogens (tertiary/aromatic N) is 5. The molecule has 164 valence electrons. The molecule has 1 N–H and O–H groups in total. The number of thioether (sulfide) groups is 1. The number of aromatic nitrogens is 4. The summed E-state index contributed by atoms with van der Waals surface area (Å²) in [6, 6.07) is 7.55. The zero-order valence-electron chi connectivity index (χ0n) is 17.5. The lowest BCUT2D eigenvalue weighted by Crippen LogP contribution is -2.37. The van der Waals surface area contributed by atoms with Crippen LogP contribution in [-0.4, -0.2) is 63.8 Å². The van der Waals surface area contributed by atoms with Crippen molar-refractivity contribution in [2.75, 3.05) is 37.7 Å². The quantitative estimate of drug-likeness (QED) is 0.274. The lowest BCUT2D eigenvalue weighted by atomic mass is 10.2. The molecule has 1 saturated heterocycles. The molecule has 10 heteroatoms. The molecule has 0 aliphatic carbocycles. The summed E-state index contributed by atoms with van der Waals surface area (Å²) in [5, 5.41) is 9.59.